The third-order valence-corrected chi connectivity index (χ3v) is 5.46. The molecule has 2 aromatic heterocycles. The number of rotatable bonds is 4. The first-order valence-corrected chi connectivity index (χ1v) is 9.18. The number of aromatic nitrogens is 3. The van der Waals surface area contributed by atoms with E-state index < -0.39 is 0 Å². The lowest BCUT2D eigenvalue weighted by Crippen LogP contribution is -2.41. The standard InChI is InChI=1S/C20H21N5O2/c1-24-12-21-8-18(24)13-2-3-14-7-22-19(5-15(14)4-13)23-20(26)10-25-9-17-6-16(25)11-27-17/h2-5,7-8,12,16-17H,6,9-11H2,1H3,(H,22,23,26)/t16-,17-/m0/s1. The number of hydrogen-bond acceptors (Lipinski definition) is 5. The average molecular weight is 363 g/mol. The van der Waals surface area contributed by atoms with Gasteiger partial charge in [-0.2, -0.15) is 0 Å². The summed E-state index contributed by atoms with van der Waals surface area (Å²) in [7, 11) is 1.97. The second kappa shape index (κ2) is 6.44. The van der Waals surface area contributed by atoms with Gasteiger partial charge in [-0.25, -0.2) is 9.97 Å². The Kier molecular flexibility index (Phi) is 3.91. The molecule has 0 saturated carbocycles. The number of nitrogens with one attached hydrogen (secondary N) is 1. The van der Waals surface area contributed by atoms with Crippen LogP contribution >= 0.6 is 0 Å². The summed E-state index contributed by atoms with van der Waals surface area (Å²) in [5.41, 5.74) is 2.13. The molecule has 0 aliphatic carbocycles. The first kappa shape index (κ1) is 16.4. The molecule has 27 heavy (non-hydrogen) atoms. The summed E-state index contributed by atoms with van der Waals surface area (Å²) in [6.07, 6.45) is 6.76. The van der Waals surface area contributed by atoms with Crippen molar-refractivity contribution in [3.8, 4) is 11.3 Å². The summed E-state index contributed by atoms with van der Waals surface area (Å²) < 4.78 is 7.57. The zero-order valence-electron chi connectivity index (χ0n) is 15.1. The number of fused-ring (bicyclic) bond motifs is 3. The zero-order valence-corrected chi connectivity index (χ0v) is 15.1. The smallest absolute Gasteiger partial charge is 0.239 e. The van der Waals surface area contributed by atoms with Gasteiger partial charge in [-0.1, -0.05) is 12.1 Å². The molecule has 2 saturated heterocycles. The molecule has 1 amide bonds. The predicted molar refractivity (Wildman–Crippen MR) is 102 cm³/mol. The highest BCUT2D eigenvalue weighted by atomic mass is 16.5. The van der Waals surface area contributed by atoms with Gasteiger partial charge in [0.15, 0.2) is 0 Å². The van der Waals surface area contributed by atoms with Gasteiger partial charge in [0.25, 0.3) is 0 Å². The number of amides is 1. The average Bonchev–Trinajstić information content (AvgIpc) is 3.38. The van der Waals surface area contributed by atoms with E-state index in [2.05, 4.69) is 32.3 Å². The van der Waals surface area contributed by atoms with E-state index in [1.54, 1.807) is 12.5 Å². The Morgan fingerprint density at radius 1 is 1.30 bits per heavy atom. The molecule has 1 N–H and O–H groups in total. The Bertz CT molecular complexity index is 1010. The molecular weight excluding hydrogens is 342 g/mol. The Morgan fingerprint density at radius 3 is 2.96 bits per heavy atom. The van der Waals surface area contributed by atoms with Crippen LogP contribution in [0.3, 0.4) is 0 Å². The van der Waals surface area contributed by atoms with E-state index in [1.165, 1.54) is 0 Å². The Hall–Kier alpha value is -2.77. The molecule has 0 radical (unpaired) electrons. The van der Waals surface area contributed by atoms with Gasteiger partial charge in [0.05, 0.1) is 37.5 Å². The van der Waals surface area contributed by atoms with E-state index in [4.69, 9.17) is 4.74 Å². The highest BCUT2D eigenvalue weighted by Gasteiger charge is 2.39. The minimum Gasteiger partial charge on any atom is -0.375 e. The number of morpholine rings is 1. The van der Waals surface area contributed by atoms with E-state index in [1.807, 2.05) is 29.9 Å². The molecule has 0 spiro atoms. The van der Waals surface area contributed by atoms with Crippen LogP contribution in [0.1, 0.15) is 6.42 Å². The lowest BCUT2D eigenvalue weighted by atomic mass is 10.1. The summed E-state index contributed by atoms with van der Waals surface area (Å²) in [6, 6.07) is 8.50. The van der Waals surface area contributed by atoms with Crippen LogP contribution in [0.5, 0.6) is 0 Å². The molecule has 4 heterocycles. The van der Waals surface area contributed by atoms with E-state index in [9.17, 15) is 4.79 Å². The molecule has 2 bridgehead atoms. The molecule has 2 atom stereocenters. The zero-order chi connectivity index (χ0) is 18.4. The van der Waals surface area contributed by atoms with Crippen LogP contribution < -0.4 is 5.32 Å². The van der Waals surface area contributed by atoms with E-state index >= 15 is 0 Å². The first-order chi connectivity index (χ1) is 13.2. The van der Waals surface area contributed by atoms with Crippen LogP contribution in [0.15, 0.2) is 43.0 Å². The van der Waals surface area contributed by atoms with E-state index in [0.717, 1.165) is 41.6 Å². The van der Waals surface area contributed by atoms with Gasteiger partial charge in [-0.05, 0) is 23.9 Å². The maximum absolute atomic E-state index is 12.4. The van der Waals surface area contributed by atoms with E-state index in [0.29, 0.717) is 24.5 Å². The number of hydrogen-bond donors (Lipinski definition) is 1. The van der Waals surface area contributed by atoms with E-state index in [-0.39, 0.29) is 5.91 Å². The van der Waals surface area contributed by atoms with Crippen LogP contribution in [-0.2, 0) is 16.6 Å². The van der Waals surface area contributed by atoms with Crippen molar-refractivity contribution < 1.29 is 9.53 Å². The van der Waals surface area contributed by atoms with Crippen LogP contribution in [-0.4, -0.2) is 57.2 Å². The summed E-state index contributed by atoms with van der Waals surface area (Å²) in [5, 5.41) is 5.01. The van der Waals surface area contributed by atoms with Gasteiger partial charge in [-0.3, -0.25) is 9.69 Å². The maximum Gasteiger partial charge on any atom is 0.239 e. The number of likely N-dealkylation sites (tertiary alicyclic amines) is 1. The predicted octanol–water partition coefficient (Wildman–Crippen LogP) is 2.05. The molecule has 7 nitrogen and oxygen atoms in total. The Labute approximate surface area is 157 Å². The number of carbonyl (C=O) groups excluding carboxylic acids is 1. The molecule has 5 rings (SSSR count). The fraction of sp³-hybridized carbons (Fsp3) is 0.350. The Balaban J connectivity index is 1.34. The molecule has 0 unspecified atom stereocenters. The van der Waals surface area contributed by atoms with Crippen LogP contribution in [0, 0.1) is 0 Å². The summed E-state index contributed by atoms with van der Waals surface area (Å²) >= 11 is 0. The van der Waals surface area contributed by atoms with Crippen molar-refractivity contribution in [2.24, 2.45) is 7.05 Å². The van der Waals surface area contributed by atoms with Crippen molar-refractivity contribution >= 4 is 22.5 Å². The minimum atomic E-state index is -0.0304. The summed E-state index contributed by atoms with van der Waals surface area (Å²) in [5.74, 6) is 0.549. The molecule has 1 aromatic carbocycles. The molecule has 138 valence electrons. The lowest BCUT2D eigenvalue weighted by Gasteiger charge is -2.25. The normalized spacial score (nSPS) is 21.8. The van der Waals surface area contributed by atoms with Crippen molar-refractivity contribution in [2.75, 3.05) is 25.0 Å². The fourth-order valence-corrected chi connectivity index (χ4v) is 4.04. The highest BCUT2D eigenvalue weighted by molar-refractivity contribution is 5.94. The second-order valence-electron chi connectivity index (χ2n) is 7.34. The van der Waals surface area contributed by atoms with Gasteiger partial charge in [0, 0.05) is 36.8 Å². The number of carbonyl (C=O) groups is 1. The number of ether oxygens (including phenoxy) is 1. The lowest BCUT2D eigenvalue weighted by molar-refractivity contribution is -0.118. The largest absolute Gasteiger partial charge is 0.375 e. The Morgan fingerprint density at radius 2 is 2.22 bits per heavy atom. The van der Waals surface area contributed by atoms with Gasteiger partial charge in [-0.15, -0.1) is 0 Å². The molecule has 3 aromatic rings. The number of imidazole rings is 1. The van der Waals surface area contributed by atoms with Gasteiger partial charge in [0.1, 0.15) is 5.82 Å². The van der Waals surface area contributed by atoms with Gasteiger partial charge < -0.3 is 14.6 Å². The third kappa shape index (κ3) is 3.09. The number of benzene rings is 1. The number of anilines is 1. The SMILES string of the molecule is Cn1cncc1-c1ccc2cnc(NC(=O)CN3C[C@@H]4C[C@H]3CO4)cc2c1. The van der Waals surface area contributed by atoms with Crippen molar-refractivity contribution in [1.82, 2.24) is 19.4 Å². The number of nitrogens with zero attached hydrogens (tertiary/aromatic N) is 4. The fourth-order valence-electron chi connectivity index (χ4n) is 4.04. The van der Waals surface area contributed by atoms with Crippen molar-refractivity contribution in [1.29, 1.82) is 0 Å². The summed E-state index contributed by atoms with van der Waals surface area (Å²) in [4.78, 5) is 23.2. The van der Waals surface area contributed by atoms with Crippen molar-refractivity contribution in [3.05, 3.63) is 43.0 Å². The molecule has 2 aliphatic rings. The molecule has 2 aliphatic heterocycles. The first-order valence-electron chi connectivity index (χ1n) is 9.18. The molecule has 2 fully saturated rings. The molecule has 7 heteroatoms. The molecular formula is C20H21N5O2. The quantitative estimate of drug-likeness (QED) is 0.768. The topological polar surface area (TPSA) is 72.3 Å². The second-order valence-corrected chi connectivity index (χ2v) is 7.34. The van der Waals surface area contributed by atoms with Crippen molar-refractivity contribution in [2.45, 2.75) is 18.6 Å². The van der Waals surface area contributed by atoms with Gasteiger partial charge >= 0.3 is 0 Å². The summed E-state index contributed by atoms with van der Waals surface area (Å²) in [6.45, 7) is 1.97. The monoisotopic (exact) mass is 363 g/mol. The number of pyridine rings is 1. The van der Waals surface area contributed by atoms with Gasteiger partial charge in [0.2, 0.25) is 5.91 Å². The highest BCUT2D eigenvalue weighted by Crippen LogP contribution is 2.28. The van der Waals surface area contributed by atoms with Crippen molar-refractivity contribution in [3.63, 3.8) is 0 Å². The number of aryl methyl sites for hydroxylation is 1. The van der Waals surface area contributed by atoms with Crippen LogP contribution in [0.25, 0.3) is 22.0 Å². The van der Waals surface area contributed by atoms with Crippen LogP contribution in [0.4, 0.5) is 5.82 Å². The maximum atomic E-state index is 12.4. The van der Waals surface area contributed by atoms with Crippen LogP contribution in [0.2, 0.25) is 0 Å². The third-order valence-electron chi connectivity index (χ3n) is 5.46. The minimum absolute atomic E-state index is 0.0304.